The molecule has 4 heteroatoms. The van der Waals surface area contributed by atoms with E-state index in [2.05, 4.69) is 51.0 Å². The third-order valence-corrected chi connectivity index (χ3v) is 4.73. The number of anilines is 1. The number of rotatable bonds is 7. The smallest absolute Gasteiger partial charge is 0.290 e. The van der Waals surface area contributed by atoms with Crippen molar-refractivity contribution < 1.29 is 9.72 Å². The van der Waals surface area contributed by atoms with Crippen molar-refractivity contribution in [2.24, 2.45) is 0 Å². The fourth-order valence-corrected chi connectivity index (χ4v) is 3.36. The van der Waals surface area contributed by atoms with Crippen molar-refractivity contribution in [1.82, 2.24) is 0 Å². The molecule has 0 atom stereocenters. The van der Waals surface area contributed by atoms with Gasteiger partial charge < -0.3 is 4.74 Å². The highest BCUT2D eigenvalue weighted by molar-refractivity contribution is 5.56. The van der Waals surface area contributed by atoms with E-state index in [1.807, 2.05) is 0 Å². The lowest BCUT2D eigenvalue weighted by Crippen LogP contribution is -2.36. The second-order valence-electron chi connectivity index (χ2n) is 7.72. The van der Waals surface area contributed by atoms with Gasteiger partial charge in [0.25, 0.3) is 5.82 Å². The van der Waals surface area contributed by atoms with E-state index in [9.17, 15) is 5.26 Å². The fourth-order valence-electron chi connectivity index (χ4n) is 3.36. The second kappa shape index (κ2) is 7.98. The van der Waals surface area contributed by atoms with Gasteiger partial charge >= 0.3 is 0 Å². The summed E-state index contributed by atoms with van der Waals surface area (Å²) < 4.78 is 6.00. The predicted molar refractivity (Wildman–Crippen MR) is 97.0 cm³/mol. The number of nitriles is 1. The maximum Gasteiger partial charge on any atom is 0.290 e. The third-order valence-electron chi connectivity index (χ3n) is 4.73. The Morgan fingerprint density at radius 1 is 1.25 bits per heavy atom. The molecule has 0 unspecified atom stereocenters. The van der Waals surface area contributed by atoms with Crippen LogP contribution in [0.5, 0.6) is 0 Å². The van der Waals surface area contributed by atoms with E-state index in [1.54, 1.807) is 0 Å². The van der Waals surface area contributed by atoms with Crippen molar-refractivity contribution in [3.8, 4) is 6.07 Å². The number of ether oxygens (including phenoxy) is 1. The first-order valence-corrected chi connectivity index (χ1v) is 9.28. The molecule has 2 N–H and O–H groups in total. The summed E-state index contributed by atoms with van der Waals surface area (Å²) in [4.78, 5) is 3.50. The van der Waals surface area contributed by atoms with Gasteiger partial charge in [-0.15, -0.1) is 0 Å². The Morgan fingerprint density at radius 3 is 2.62 bits per heavy atom. The van der Waals surface area contributed by atoms with Crippen molar-refractivity contribution in [2.75, 3.05) is 11.9 Å². The molecule has 2 rings (SSSR count). The van der Waals surface area contributed by atoms with Gasteiger partial charge in [0.15, 0.2) is 0 Å². The summed E-state index contributed by atoms with van der Waals surface area (Å²) in [5, 5.41) is 13.2. The third kappa shape index (κ3) is 4.27. The van der Waals surface area contributed by atoms with Gasteiger partial charge in [0.2, 0.25) is 0 Å². The molecule has 1 aliphatic rings. The van der Waals surface area contributed by atoms with Crippen LogP contribution in [-0.2, 0) is 17.8 Å². The zero-order chi connectivity index (χ0) is 17.7. The van der Waals surface area contributed by atoms with Crippen molar-refractivity contribution in [3.63, 3.8) is 0 Å². The molecule has 0 saturated carbocycles. The van der Waals surface area contributed by atoms with E-state index < -0.39 is 0 Å². The van der Waals surface area contributed by atoms with E-state index in [0.717, 1.165) is 36.3 Å². The van der Waals surface area contributed by atoms with Crippen LogP contribution in [0.25, 0.3) is 0 Å². The number of nitrogens with one attached hydrogen (secondary N) is 2. The van der Waals surface area contributed by atoms with Crippen LogP contribution in [0.2, 0.25) is 0 Å². The molecule has 0 aliphatic carbocycles. The molecule has 4 nitrogen and oxygen atoms in total. The molecule has 24 heavy (non-hydrogen) atoms. The number of fused-ring (bicyclic) bond motifs is 1. The van der Waals surface area contributed by atoms with Crippen LogP contribution >= 0.6 is 0 Å². The van der Waals surface area contributed by atoms with Crippen molar-refractivity contribution in [2.45, 2.75) is 84.8 Å². The van der Waals surface area contributed by atoms with Crippen molar-refractivity contribution >= 4 is 5.82 Å². The highest BCUT2D eigenvalue weighted by Gasteiger charge is 2.34. The Morgan fingerprint density at radius 2 is 2.00 bits per heavy atom. The Hall–Kier alpha value is -1.60. The largest absolute Gasteiger partial charge is 0.370 e. The van der Waals surface area contributed by atoms with Gasteiger partial charge in [-0.3, -0.25) is 5.32 Å². The highest BCUT2D eigenvalue weighted by atomic mass is 16.5. The van der Waals surface area contributed by atoms with Crippen LogP contribution in [0.15, 0.2) is 0 Å². The van der Waals surface area contributed by atoms with E-state index in [4.69, 9.17) is 4.74 Å². The number of aromatic nitrogens is 1. The monoisotopic (exact) mass is 330 g/mol. The Balaban J connectivity index is 2.33. The average Bonchev–Trinajstić information content (AvgIpc) is 2.52. The molecule has 132 valence electrons. The second-order valence-corrected chi connectivity index (χ2v) is 7.72. The van der Waals surface area contributed by atoms with E-state index >= 15 is 0 Å². The van der Waals surface area contributed by atoms with Gasteiger partial charge in [-0.25, -0.2) is 4.98 Å². The molecule has 1 aromatic heterocycles. The first-order chi connectivity index (χ1) is 11.4. The molecular formula is C20H32N3O+. The summed E-state index contributed by atoms with van der Waals surface area (Å²) in [5.41, 5.74) is 4.08. The Kier molecular flexibility index (Phi) is 6.23. The van der Waals surface area contributed by atoms with Crippen LogP contribution in [-0.4, -0.2) is 12.1 Å². The van der Waals surface area contributed by atoms with Crippen LogP contribution in [0.4, 0.5) is 5.82 Å². The molecule has 0 radical (unpaired) electrons. The molecule has 2 heterocycles. The summed E-state index contributed by atoms with van der Waals surface area (Å²) >= 11 is 0. The van der Waals surface area contributed by atoms with E-state index in [0.29, 0.717) is 12.5 Å². The summed E-state index contributed by atoms with van der Waals surface area (Å²) in [6, 6.07) is 2.43. The molecule has 0 fully saturated rings. The van der Waals surface area contributed by atoms with E-state index in [-0.39, 0.29) is 5.60 Å². The van der Waals surface area contributed by atoms with Gasteiger partial charge in [0, 0.05) is 17.9 Å². The zero-order valence-electron chi connectivity index (χ0n) is 15.9. The van der Waals surface area contributed by atoms with Crippen LogP contribution in [0, 0.1) is 11.3 Å². The summed E-state index contributed by atoms with van der Waals surface area (Å²) in [6.07, 6.45) is 5.65. The van der Waals surface area contributed by atoms with Gasteiger partial charge in [-0.1, -0.05) is 33.6 Å². The lowest BCUT2D eigenvalue weighted by Gasteiger charge is -2.33. The minimum Gasteiger partial charge on any atom is -0.370 e. The highest BCUT2D eigenvalue weighted by Crippen LogP contribution is 2.34. The minimum atomic E-state index is -0.216. The first kappa shape index (κ1) is 18.7. The molecule has 0 aromatic carbocycles. The number of hydrogen-bond donors (Lipinski definition) is 1. The van der Waals surface area contributed by atoms with Crippen molar-refractivity contribution in [3.05, 3.63) is 22.4 Å². The van der Waals surface area contributed by atoms with Crippen LogP contribution < -0.4 is 10.3 Å². The number of nitrogens with zero attached hydrogens (tertiary/aromatic N) is 1. The molecule has 0 spiro atoms. The topological polar surface area (TPSA) is 59.2 Å². The Bertz CT molecular complexity index is 614. The van der Waals surface area contributed by atoms with Gasteiger partial charge in [0.05, 0.1) is 18.8 Å². The Labute approximate surface area is 146 Å². The normalized spacial score (nSPS) is 15.9. The molecular weight excluding hydrogens is 298 g/mol. The number of pyridine rings is 1. The number of hydrogen-bond acceptors (Lipinski definition) is 3. The molecule has 0 saturated heterocycles. The van der Waals surface area contributed by atoms with Crippen LogP contribution in [0.3, 0.4) is 0 Å². The van der Waals surface area contributed by atoms with Gasteiger partial charge in [0.1, 0.15) is 17.3 Å². The molecule has 0 bridgehead atoms. The number of H-pyrrole nitrogens is 1. The average molecular weight is 330 g/mol. The quantitative estimate of drug-likeness (QED) is 0.757. The van der Waals surface area contributed by atoms with E-state index in [1.165, 1.54) is 30.5 Å². The summed E-state index contributed by atoms with van der Waals surface area (Å²) in [5.74, 6) is 1.26. The fraction of sp³-hybridized carbons (Fsp3) is 0.700. The van der Waals surface area contributed by atoms with Crippen molar-refractivity contribution in [1.29, 1.82) is 5.26 Å². The number of unbranched alkanes of at least 4 members (excludes halogenated alkanes) is 3. The van der Waals surface area contributed by atoms with Crippen LogP contribution in [0.1, 0.15) is 88.6 Å². The van der Waals surface area contributed by atoms with Gasteiger partial charge in [-0.05, 0) is 32.3 Å². The number of aromatic amines is 1. The predicted octanol–water partition coefficient (Wildman–Crippen LogP) is 4.34. The zero-order valence-corrected chi connectivity index (χ0v) is 15.9. The molecule has 1 aliphatic heterocycles. The summed E-state index contributed by atoms with van der Waals surface area (Å²) in [7, 11) is 0. The molecule has 0 amide bonds. The maximum absolute atomic E-state index is 9.76. The first-order valence-electron chi connectivity index (χ1n) is 9.28. The lowest BCUT2D eigenvalue weighted by molar-refractivity contribution is -0.378. The maximum atomic E-state index is 9.76. The summed E-state index contributed by atoms with van der Waals surface area (Å²) in [6.45, 7) is 12.3. The SMILES string of the molecule is CCCCCCNc1[nH+]c(C(C)C)c2c(c1C#N)CC(C)(C)OC2. The van der Waals surface area contributed by atoms with Gasteiger partial charge in [-0.2, -0.15) is 5.26 Å². The lowest BCUT2D eigenvalue weighted by atomic mass is 9.86. The molecule has 1 aromatic rings. The standard InChI is InChI=1S/C20H31N3O/c1-6-7-8-9-10-22-19-16(12-21)15-11-20(4,5)24-13-17(15)18(23-19)14(2)3/h14H,6-11,13H2,1-5H3,(H,22,23)/p+1. The minimum absolute atomic E-state index is 0.216.